The van der Waals surface area contributed by atoms with Crippen LogP contribution in [0.4, 0.5) is 0 Å². The van der Waals surface area contributed by atoms with Gasteiger partial charge in [-0.05, 0) is 73.8 Å². The van der Waals surface area contributed by atoms with Crippen molar-refractivity contribution in [3.63, 3.8) is 0 Å². The molecule has 1 aliphatic carbocycles. The fourth-order valence-corrected chi connectivity index (χ4v) is 8.03. The van der Waals surface area contributed by atoms with Crippen molar-refractivity contribution in [3.8, 4) is 44.0 Å². The molecular formula is C39H21NOS. The lowest BCUT2D eigenvalue weighted by Crippen LogP contribution is -1.84. The van der Waals surface area contributed by atoms with Gasteiger partial charge in [-0.25, -0.2) is 4.98 Å². The molecule has 0 fully saturated rings. The Morgan fingerprint density at radius 2 is 1.19 bits per heavy atom. The van der Waals surface area contributed by atoms with E-state index in [9.17, 15) is 0 Å². The van der Waals surface area contributed by atoms with E-state index in [1.165, 1.54) is 59.4 Å². The van der Waals surface area contributed by atoms with Crippen LogP contribution in [0.1, 0.15) is 0 Å². The fourth-order valence-electron chi connectivity index (χ4n) is 7.01. The van der Waals surface area contributed by atoms with Gasteiger partial charge in [-0.15, -0.1) is 11.3 Å². The summed E-state index contributed by atoms with van der Waals surface area (Å²) in [5.74, 6) is 0. The van der Waals surface area contributed by atoms with E-state index in [-0.39, 0.29) is 0 Å². The molecule has 3 heteroatoms. The molecular weight excluding hydrogens is 531 g/mol. The Kier molecular flexibility index (Phi) is 4.36. The molecule has 2 heterocycles. The lowest BCUT2D eigenvalue weighted by atomic mass is 9.95. The molecule has 0 saturated heterocycles. The van der Waals surface area contributed by atoms with Crippen LogP contribution in [-0.2, 0) is 0 Å². The molecule has 0 unspecified atom stereocenters. The van der Waals surface area contributed by atoms with Crippen LogP contribution in [-0.4, -0.2) is 4.98 Å². The summed E-state index contributed by atoms with van der Waals surface area (Å²) >= 11 is 1.75. The molecule has 0 saturated carbocycles. The topological polar surface area (TPSA) is 26.0 Å². The Morgan fingerprint density at radius 1 is 0.452 bits per heavy atom. The van der Waals surface area contributed by atoms with Crippen molar-refractivity contribution in [2.75, 3.05) is 0 Å². The minimum absolute atomic E-state index is 0.915. The summed E-state index contributed by atoms with van der Waals surface area (Å²) < 4.78 is 7.85. The molecule has 2 nitrogen and oxygen atoms in total. The highest BCUT2D eigenvalue weighted by Gasteiger charge is 2.24. The molecule has 0 atom stereocenters. The van der Waals surface area contributed by atoms with Crippen LogP contribution in [0.15, 0.2) is 132 Å². The third kappa shape index (κ3) is 2.95. The Morgan fingerprint density at radius 3 is 2.07 bits per heavy atom. The minimum Gasteiger partial charge on any atom is -0.456 e. The smallest absolute Gasteiger partial charge is 0.136 e. The number of hydrogen-bond donors (Lipinski definition) is 0. The van der Waals surface area contributed by atoms with Gasteiger partial charge in [-0.1, -0.05) is 103 Å². The molecule has 42 heavy (non-hydrogen) atoms. The van der Waals surface area contributed by atoms with E-state index in [4.69, 9.17) is 9.40 Å². The second-order valence-electron chi connectivity index (χ2n) is 11.1. The van der Waals surface area contributed by atoms with Crippen molar-refractivity contribution in [3.05, 3.63) is 127 Å². The third-order valence-corrected chi connectivity index (χ3v) is 9.89. The standard InChI is InChI=1S/C39H21NOS/c1-2-9-22(10-3-1)39-40-38-28-14-7-6-13-26(28)31(21-35(38)42-39)23-17-18-29-33(19-23)41-34-20-32-25-12-5-4-11-24(25)27-15-8-16-30(36(27)32)37(29)34/h1-21H. The molecule has 0 spiro atoms. The summed E-state index contributed by atoms with van der Waals surface area (Å²) in [6.45, 7) is 0. The zero-order valence-electron chi connectivity index (χ0n) is 22.4. The SMILES string of the molecule is c1ccc(-c2nc3c(cc(-c4ccc5c(c4)oc4cc6c7c(cccc7c45)-c4ccccc4-6)c4ccccc43)s2)cc1. The van der Waals surface area contributed by atoms with E-state index in [1.54, 1.807) is 11.3 Å². The van der Waals surface area contributed by atoms with Crippen LogP contribution < -0.4 is 0 Å². The van der Waals surface area contributed by atoms with Crippen molar-refractivity contribution in [2.45, 2.75) is 0 Å². The van der Waals surface area contributed by atoms with Gasteiger partial charge in [0.2, 0.25) is 0 Å². The van der Waals surface area contributed by atoms with Crippen molar-refractivity contribution in [2.24, 2.45) is 0 Å². The molecule has 7 aromatic carbocycles. The van der Waals surface area contributed by atoms with E-state index < -0.39 is 0 Å². The van der Waals surface area contributed by atoms with E-state index in [1.807, 2.05) is 6.07 Å². The van der Waals surface area contributed by atoms with Gasteiger partial charge in [0.15, 0.2) is 0 Å². The maximum atomic E-state index is 6.66. The van der Waals surface area contributed by atoms with Gasteiger partial charge in [0.25, 0.3) is 0 Å². The number of rotatable bonds is 2. The molecule has 1 aliphatic rings. The van der Waals surface area contributed by atoms with Crippen LogP contribution in [0, 0.1) is 0 Å². The van der Waals surface area contributed by atoms with E-state index >= 15 is 0 Å². The first-order valence-electron chi connectivity index (χ1n) is 14.2. The van der Waals surface area contributed by atoms with Crippen molar-refractivity contribution >= 4 is 65.0 Å². The van der Waals surface area contributed by atoms with Gasteiger partial charge in [-0.2, -0.15) is 0 Å². The quantitative estimate of drug-likeness (QED) is 0.214. The summed E-state index contributed by atoms with van der Waals surface area (Å²) in [5.41, 5.74) is 11.6. The first-order chi connectivity index (χ1) is 20.8. The lowest BCUT2D eigenvalue weighted by Gasteiger charge is -2.08. The third-order valence-electron chi connectivity index (χ3n) is 8.84. The number of benzene rings is 7. The molecule has 10 rings (SSSR count). The summed E-state index contributed by atoms with van der Waals surface area (Å²) in [6.07, 6.45) is 0. The monoisotopic (exact) mass is 551 g/mol. The van der Waals surface area contributed by atoms with Crippen LogP contribution >= 0.6 is 11.3 Å². The molecule has 9 aromatic rings. The zero-order chi connectivity index (χ0) is 27.4. The van der Waals surface area contributed by atoms with Gasteiger partial charge in [-0.3, -0.25) is 0 Å². The maximum Gasteiger partial charge on any atom is 0.136 e. The Hall–Kier alpha value is -5.25. The highest BCUT2D eigenvalue weighted by molar-refractivity contribution is 7.21. The molecule has 2 aromatic heterocycles. The number of nitrogens with zero attached hydrogens (tertiary/aromatic N) is 1. The second kappa shape index (κ2) is 8.16. The first kappa shape index (κ1) is 22.4. The highest BCUT2D eigenvalue weighted by atomic mass is 32.1. The van der Waals surface area contributed by atoms with Crippen molar-refractivity contribution < 1.29 is 4.42 Å². The molecule has 0 bridgehead atoms. The predicted octanol–water partition coefficient (Wildman–Crippen LogP) is 11.5. The van der Waals surface area contributed by atoms with Crippen molar-refractivity contribution in [1.29, 1.82) is 0 Å². The van der Waals surface area contributed by atoms with E-state index in [0.29, 0.717) is 0 Å². The Labute approximate surface area is 245 Å². The van der Waals surface area contributed by atoms with Gasteiger partial charge in [0.05, 0.1) is 10.2 Å². The fraction of sp³-hybridized carbons (Fsp3) is 0. The minimum atomic E-state index is 0.915. The molecule has 194 valence electrons. The summed E-state index contributed by atoms with van der Waals surface area (Å²) in [6, 6.07) is 45.7. The predicted molar refractivity (Wildman–Crippen MR) is 177 cm³/mol. The van der Waals surface area contributed by atoms with Gasteiger partial charge < -0.3 is 4.42 Å². The number of aromatic nitrogens is 1. The van der Waals surface area contributed by atoms with E-state index in [0.717, 1.165) is 38.2 Å². The highest BCUT2D eigenvalue weighted by Crippen LogP contribution is 2.51. The van der Waals surface area contributed by atoms with Crippen molar-refractivity contribution in [1.82, 2.24) is 4.98 Å². The lowest BCUT2D eigenvalue weighted by molar-refractivity contribution is 0.669. The van der Waals surface area contributed by atoms with Gasteiger partial charge in [0.1, 0.15) is 16.2 Å². The van der Waals surface area contributed by atoms with Crippen LogP contribution in [0.3, 0.4) is 0 Å². The zero-order valence-corrected chi connectivity index (χ0v) is 23.2. The van der Waals surface area contributed by atoms with E-state index in [2.05, 4.69) is 121 Å². The normalized spacial score (nSPS) is 12.3. The first-order valence-corrected chi connectivity index (χ1v) is 15.0. The number of hydrogen-bond acceptors (Lipinski definition) is 3. The molecule has 0 N–H and O–H groups in total. The Bertz CT molecular complexity index is 2570. The maximum absolute atomic E-state index is 6.66. The van der Waals surface area contributed by atoms with Gasteiger partial charge in [0, 0.05) is 21.7 Å². The van der Waals surface area contributed by atoms with Crippen LogP contribution in [0.2, 0.25) is 0 Å². The average molecular weight is 552 g/mol. The van der Waals surface area contributed by atoms with Crippen LogP contribution in [0.5, 0.6) is 0 Å². The largest absolute Gasteiger partial charge is 0.456 e. The van der Waals surface area contributed by atoms with Gasteiger partial charge >= 0.3 is 0 Å². The number of thiazole rings is 1. The van der Waals surface area contributed by atoms with Crippen LogP contribution in [0.25, 0.3) is 97.7 Å². The number of furan rings is 1. The molecule has 0 amide bonds. The molecule has 0 radical (unpaired) electrons. The summed E-state index contributed by atoms with van der Waals surface area (Å²) in [5, 5.41) is 8.36. The number of fused-ring (bicyclic) bond motifs is 10. The average Bonchev–Trinajstić information content (AvgIpc) is 3.74. The summed E-state index contributed by atoms with van der Waals surface area (Å²) in [4.78, 5) is 5.09. The summed E-state index contributed by atoms with van der Waals surface area (Å²) in [7, 11) is 0. The Balaban J connectivity index is 1.21. The molecule has 0 aliphatic heterocycles. The second-order valence-corrected chi connectivity index (χ2v) is 12.1.